The molecule has 1 aromatic heterocycles. The van der Waals surface area contributed by atoms with E-state index < -0.39 is 0 Å². The lowest BCUT2D eigenvalue weighted by molar-refractivity contribution is 0.00309. The highest BCUT2D eigenvalue weighted by Gasteiger charge is 2.35. The van der Waals surface area contributed by atoms with Crippen molar-refractivity contribution in [2.24, 2.45) is 5.41 Å². The van der Waals surface area contributed by atoms with Gasteiger partial charge >= 0.3 is 6.03 Å². The van der Waals surface area contributed by atoms with Gasteiger partial charge in [0.2, 0.25) is 0 Å². The molecule has 3 N–H and O–H groups in total. The van der Waals surface area contributed by atoms with E-state index in [-0.39, 0.29) is 17.6 Å². The van der Waals surface area contributed by atoms with Gasteiger partial charge in [-0.05, 0) is 38.3 Å². The van der Waals surface area contributed by atoms with Crippen molar-refractivity contribution in [3.63, 3.8) is 0 Å². The van der Waals surface area contributed by atoms with Crippen molar-refractivity contribution in [1.82, 2.24) is 15.6 Å². The Hall–Kier alpha value is -1.82. The Morgan fingerprint density at radius 3 is 2.68 bits per heavy atom. The van der Waals surface area contributed by atoms with Crippen LogP contribution in [0.4, 0.5) is 10.6 Å². The van der Waals surface area contributed by atoms with Gasteiger partial charge in [0.05, 0.1) is 6.10 Å². The molecule has 0 saturated heterocycles. The average molecular weight is 348 g/mol. The fourth-order valence-corrected chi connectivity index (χ4v) is 3.37. The maximum absolute atomic E-state index is 12.0. The van der Waals surface area contributed by atoms with E-state index in [0.29, 0.717) is 13.1 Å². The summed E-state index contributed by atoms with van der Waals surface area (Å²) >= 11 is 0. The number of hydrogen-bond donors (Lipinski definition) is 3. The van der Waals surface area contributed by atoms with E-state index in [1.54, 1.807) is 6.20 Å². The summed E-state index contributed by atoms with van der Waals surface area (Å²) < 4.78 is 0. The molecule has 6 nitrogen and oxygen atoms in total. The third kappa shape index (κ3) is 5.33. The maximum atomic E-state index is 12.0. The lowest BCUT2D eigenvalue weighted by atomic mass is 9.73. The molecular formula is C19H32N4O2. The van der Waals surface area contributed by atoms with Gasteiger partial charge in [-0.2, -0.15) is 0 Å². The van der Waals surface area contributed by atoms with Crippen LogP contribution in [0.5, 0.6) is 0 Å². The molecule has 2 unspecified atom stereocenters. The van der Waals surface area contributed by atoms with Crippen LogP contribution < -0.4 is 15.5 Å². The van der Waals surface area contributed by atoms with Gasteiger partial charge in [0, 0.05) is 37.8 Å². The topological polar surface area (TPSA) is 77.5 Å². The number of anilines is 1. The van der Waals surface area contributed by atoms with Crippen molar-refractivity contribution in [3.8, 4) is 0 Å². The van der Waals surface area contributed by atoms with E-state index in [4.69, 9.17) is 0 Å². The van der Waals surface area contributed by atoms with Gasteiger partial charge in [-0.25, -0.2) is 9.78 Å². The smallest absolute Gasteiger partial charge is 0.315 e. The number of nitrogens with zero attached hydrogens (tertiary/aromatic N) is 2. The third-order valence-electron chi connectivity index (χ3n) is 5.28. The second kappa shape index (κ2) is 9.04. The molecule has 1 aromatic rings. The number of pyridine rings is 1. The zero-order valence-corrected chi connectivity index (χ0v) is 15.7. The molecule has 0 radical (unpaired) electrons. The minimum absolute atomic E-state index is 0.202. The minimum atomic E-state index is -0.335. The lowest BCUT2D eigenvalue weighted by Gasteiger charge is -2.38. The summed E-state index contributed by atoms with van der Waals surface area (Å²) in [5.74, 6) is 0.956. The van der Waals surface area contributed by atoms with E-state index in [0.717, 1.165) is 50.2 Å². The second-order valence-electron chi connectivity index (χ2n) is 7.15. The Bertz CT molecular complexity index is 545. The number of hydrogen-bond acceptors (Lipinski definition) is 4. The first kappa shape index (κ1) is 19.5. The number of rotatable bonds is 7. The van der Waals surface area contributed by atoms with Crippen LogP contribution in [-0.2, 0) is 6.54 Å². The SMILES string of the molecule is CCN(CC)c1ccc(CNC(=O)NCC2(C)CCCCC2O)cn1. The monoisotopic (exact) mass is 348 g/mol. The highest BCUT2D eigenvalue weighted by molar-refractivity contribution is 5.73. The Balaban J connectivity index is 1.78. The number of aromatic nitrogens is 1. The first-order chi connectivity index (χ1) is 12.0. The van der Waals surface area contributed by atoms with Crippen molar-refractivity contribution < 1.29 is 9.90 Å². The number of urea groups is 1. The van der Waals surface area contributed by atoms with Gasteiger partial charge in [-0.3, -0.25) is 0 Å². The predicted molar refractivity (Wildman–Crippen MR) is 101 cm³/mol. The maximum Gasteiger partial charge on any atom is 0.315 e. The number of carbonyl (C=O) groups excluding carboxylic acids is 1. The Labute approximate surface area is 151 Å². The number of aliphatic hydroxyl groups is 1. The molecule has 0 bridgehead atoms. The van der Waals surface area contributed by atoms with Crippen molar-refractivity contribution in [2.75, 3.05) is 24.5 Å². The minimum Gasteiger partial charge on any atom is -0.392 e. The predicted octanol–water partition coefficient (Wildman–Crippen LogP) is 2.67. The van der Waals surface area contributed by atoms with Gasteiger partial charge in [0.1, 0.15) is 5.82 Å². The first-order valence-electron chi connectivity index (χ1n) is 9.38. The van der Waals surface area contributed by atoms with E-state index in [1.807, 2.05) is 19.1 Å². The van der Waals surface area contributed by atoms with Crippen LogP contribution in [0.2, 0.25) is 0 Å². The third-order valence-corrected chi connectivity index (χ3v) is 5.28. The van der Waals surface area contributed by atoms with Crippen molar-refractivity contribution in [3.05, 3.63) is 23.9 Å². The molecule has 1 fully saturated rings. The number of carbonyl (C=O) groups is 1. The van der Waals surface area contributed by atoms with Gasteiger partial charge in [-0.15, -0.1) is 0 Å². The molecule has 2 amide bonds. The van der Waals surface area contributed by atoms with Gasteiger partial charge in [0.15, 0.2) is 0 Å². The summed E-state index contributed by atoms with van der Waals surface area (Å²) in [6, 6.07) is 3.78. The van der Waals surface area contributed by atoms with E-state index in [2.05, 4.69) is 34.4 Å². The van der Waals surface area contributed by atoms with Gasteiger partial charge in [-0.1, -0.05) is 25.8 Å². The van der Waals surface area contributed by atoms with E-state index in [9.17, 15) is 9.90 Å². The molecule has 1 heterocycles. The number of nitrogens with one attached hydrogen (secondary N) is 2. The molecule has 1 saturated carbocycles. The molecule has 1 aliphatic carbocycles. The molecule has 25 heavy (non-hydrogen) atoms. The van der Waals surface area contributed by atoms with Crippen molar-refractivity contribution >= 4 is 11.8 Å². The number of aliphatic hydroxyl groups excluding tert-OH is 1. The van der Waals surface area contributed by atoms with E-state index >= 15 is 0 Å². The molecule has 6 heteroatoms. The summed E-state index contributed by atoms with van der Waals surface area (Å²) in [5.41, 5.74) is 0.748. The van der Waals surface area contributed by atoms with Crippen LogP contribution in [0, 0.1) is 5.41 Å². The average Bonchev–Trinajstić information content (AvgIpc) is 2.63. The summed E-state index contributed by atoms with van der Waals surface area (Å²) in [7, 11) is 0. The molecule has 2 rings (SSSR count). The van der Waals surface area contributed by atoms with Crippen LogP contribution in [0.25, 0.3) is 0 Å². The van der Waals surface area contributed by atoms with Crippen molar-refractivity contribution in [1.29, 1.82) is 0 Å². The quantitative estimate of drug-likeness (QED) is 0.708. The summed E-state index contributed by atoms with van der Waals surface area (Å²) in [6.45, 7) is 9.05. The highest BCUT2D eigenvalue weighted by Crippen LogP contribution is 2.35. The fourth-order valence-electron chi connectivity index (χ4n) is 3.37. The van der Waals surface area contributed by atoms with Crippen LogP contribution in [-0.4, -0.2) is 41.9 Å². The standard InChI is InChI=1S/C19H32N4O2/c1-4-23(5-2)17-10-9-15(12-20-17)13-21-18(25)22-14-19(3)11-7-6-8-16(19)24/h9-10,12,16,24H,4-8,11,13-14H2,1-3H3,(H2,21,22,25). The van der Waals surface area contributed by atoms with Crippen LogP contribution in [0.1, 0.15) is 52.0 Å². The summed E-state index contributed by atoms with van der Waals surface area (Å²) in [4.78, 5) is 18.7. The largest absolute Gasteiger partial charge is 0.392 e. The lowest BCUT2D eigenvalue weighted by Crippen LogP contribution is -2.47. The number of amides is 2. The Kier molecular flexibility index (Phi) is 7.05. The Morgan fingerprint density at radius 1 is 1.32 bits per heavy atom. The highest BCUT2D eigenvalue weighted by atomic mass is 16.3. The zero-order valence-electron chi connectivity index (χ0n) is 15.7. The zero-order chi connectivity index (χ0) is 18.3. The van der Waals surface area contributed by atoms with Crippen LogP contribution in [0.3, 0.4) is 0 Å². The molecule has 0 spiro atoms. The van der Waals surface area contributed by atoms with Gasteiger partial charge < -0.3 is 20.6 Å². The summed E-state index contributed by atoms with van der Waals surface area (Å²) in [6.07, 6.45) is 5.43. The first-order valence-corrected chi connectivity index (χ1v) is 9.38. The van der Waals surface area contributed by atoms with Crippen LogP contribution >= 0.6 is 0 Å². The molecule has 2 atom stereocenters. The summed E-state index contributed by atoms with van der Waals surface area (Å²) in [5, 5.41) is 15.9. The molecule has 1 aliphatic rings. The normalized spacial score (nSPS) is 23.1. The Morgan fingerprint density at radius 2 is 2.08 bits per heavy atom. The second-order valence-corrected chi connectivity index (χ2v) is 7.15. The molecule has 140 valence electrons. The van der Waals surface area contributed by atoms with Gasteiger partial charge in [0.25, 0.3) is 0 Å². The molecule has 0 aliphatic heterocycles. The fraction of sp³-hybridized carbons (Fsp3) is 0.684. The molecule has 0 aromatic carbocycles. The van der Waals surface area contributed by atoms with Crippen LogP contribution in [0.15, 0.2) is 18.3 Å². The van der Waals surface area contributed by atoms with Crippen molar-refractivity contribution in [2.45, 2.75) is 59.1 Å². The van der Waals surface area contributed by atoms with E-state index in [1.165, 1.54) is 0 Å². The molecular weight excluding hydrogens is 316 g/mol.